The molecule has 8 N–H and O–H groups in total. The van der Waals surface area contributed by atoms with Crippen LogP contribution in [0.1, 0.15) is 111 Å². The van der Waals surface area contributed by atoms with Gasteiger partial charge in [-0.15, -0.1) is 0 Å². The highest BCUT2D eigenvalue weighted by molar-refractivity contribution is 6.32. The summed E-state index contributed by atoms with van der Waals surface area (Å²) in [5, 5.41) is 91.7. The van der Waals surface area contributed by atoms with Gasteiger partial charge in [-0.3, -0.25) is 9.59 Å². The zero-order valence-corrected chi connectivity index (χ0v) is 45.1. The number of allylic oxidation sites excluding steroid dienone is 5. The molecule has 1 saturated carbocycles. The van der Waals surface area contributed by atoms with Crippen LogP contribution in [0.3, 0.4) is 0 Å². The van der Waals surface area contributed by atoms with Crippen LogP contribution in [0.2, 0.25) is 5.02 Å². The van der Waals surface area contributed by atoms with Gasteiger partial charge in [-0.05, 0) is 114 Å². The molecule has 19 heteroatoms. The second-order valence-corrected chi connectivity index (χ2v) is 23.8. The first kappa shape index (κ1) is 57.1. The lowest BCUT2D eigenvalue weighted by molar-refractivity contribution is -0.361. The van der Waals surface area contributed by atoms with Gasteiger partial charge in [0, 0.05) is 28.2 Å². The zero-order valence-electron chi connectivity index (χ0n) is 44.4. The maximum Gasteiger partial charge on any atom is 0.346 e. The van der Waals surface area contributed by atoms with Crippen molar-refractivity contribution in [3.63, 3.8) is 0 Å². The molecule has 7 aliphatic rings. The summed E-state index contributed by atoms with van der Waals surface area (Å²) in [4.78, 5) is 55.5. The van der Waals surface area contributed by atoms with Gasteiger partial charge >= 0.3 is 11.9 Å². The molecular formula is C56H75ClO18. The summed E-state index contributed by atoms with van der Waals surface area (Å²) in [5.41, 5.74) is -5.95. The molecule has 4 fully saturated rings. The van der Waals surface area contributed by atoms with Crippen molar-refractivity contribution in [1.29, 1.82) is 0 Å². The number of carbonyl (C=O) groups is 4. The quantitative estimate of drug-likeness (QED) is 0.0867. The zero-order chi connectivity index (χ0) is 55.3. The summed E-state index contributed by atoms with van der Waals surface area (Å²) < 4.78 is 36.8. The Morgan fingerprint density at radius 2 is 1.51 bits per heavy atom. The van der Waals surface area contributed by atoms with Crippen molar-refractivity contribution >= 4 is 35.1 Å². The van der Waals surface area contributed by atoms with Crippen LogP contribution in [-0.2, 0) is 42.8 Å². The molecule has 23 atom stereocenters. The fourth-order valence-corrected chi connectivity index (χ4v) is 14.0. The topological polar surface area (TPSA) is 285 Å². The van der Waals surface area contributed by atoms with Crippen LogP contribution < -0.4 is 0 Å². The maximum atomic E-state index is 15.4. The van der Waals surface area contributed by atoms with Crippen LogP contribution in [0, 0.1) is 59.2 Å². The van der Waals surface area contributed by atoms with E-state index in [1.54, 1.807) is 6.92 Å². The second-order valence-electron chi connectivity index (χ2n) is 23.4. The Bertz CT molecular complexity index is 2560. The SMILES string of the molecule is CC(=O)C(C)(O)C(O)CC1CC23OC(=O)C(=C(O)C4(C)C(C=CC5C(OC6OC(C)C(O)C(OC7OC(C)C(OC(=O)c8c(O)ccc(Cl)c8C)C(O)C7O)C6O)C(C)CC(C)C54)C(C)C=CCC2(C)C=C1C)C3=O. The van der Waals surface area contributed by atoms with Crippen LogP contribution in [0.15, 0.2) is 59.4 Å². The number of phenolic OH excluding ortho intramolecular Hbond substituents is 1. The van der Waals surface area contributed by atoms with E-state index < -0.39 is 160 Å². The van der Waals surface area contributed by atoms with Gasteiger partial charge in [0.25, 0.3) is 0 Å². The molecule has 1 aromatic carbocycles. The number of benzene rings is 1. The van der Waals surface area contributed by atoms with Gasteiger partial charge in [-0.1, -0.05) is 82.2 Å². The van der Waals surface area contributed by atoms with Gasteiger partial charge in [-0.25, -0.2) is 9.59 Å². The Kier molecular flexibility index (Phi) is 15.7. The molecule has 4 aliphatic carbocycles. The highest BCUT2D eigenvalue weighted by atomic mass is 35.5. The van der Waals surface area contributed by atoms with Gasteiger partial charge in [0.2, 0.25) is 5.78 Å². The first-order valence-corrected chi connectivity index (χ1v) is 26.5. The molecule has 0 radical (unpaired) electrons. The number of carbonyl (C=O) groups excluding carboxylic acids is 4. The van der Waals surface area contributed by atoms with Crippen LogP contribution in [0.25, 0.3) is 0 Å². The van der Waals surface area contributed by atoms with Crippen LogP contribution in [0.4, 0.5) is 0 Å². The average Bonchev–Trinajstić information content (AvgIpc) is 3.59. The second kappa shape index (κ2) is 20.6. The molecule has 414 valence electrons. The molecule has 75 heavy (non-hydrogen) atoms. The van der Waals surface area contributed by atoms with Gasteiger partial charge in [0.1, 0.15) is 58.8 Å². The van der Waals surface area contributed by atoms with E-state index in [0.29, 0.717) is 6.42 Å². The fraction of sp³-hybridized carbons (Fsp3) is 0.679. The Labute approximate surface area is 442 Å². The predicted octanol–water partition coefficient (Wildman–Crippen LogP) is 5.02. The van der Waals surface area contributed by atoms with Crippen LogP contribution in [-0.4, -0.2) is 149 Å². The van der Waals surface area contributed by atoms with Crippen LogP contribution >= 0.6 is 11.6 Å². The van der Waals surface area contributed by atoms with E-state index in [1.807, 2.05) is 58.9 Å². The summed E-state index contributed by atoms with van der Waals surface area (Å²) in [6.45, 7) is 18.5. The number of aromatic hydroxyl groups is 1. The molecule has 3 aliphatic heterocycles. The minimum absolute atomic E-state index is 0.0723. The molecule has 1 spiro atoms. The Morgan fingerprint density at radius 1 is 0.867 bits per heavy atom. The molecule has 8 rings (SSSR count). The first-order valence-electron chi connectivity index (χ1n) is 26.1. The van der Waals surface area contributed by atoms with Gasteiger partial charge < -0.3 is 69.3 Å². The number of aliphatic hydroxyl groups excluding tert-OH is 6. The van der Waals surface area contributed by atoms with E-state index in [-0.39, 0.29) is 53.2 Å². The molecular weight excluding hydrogens is 996 g/mol. The standard InChI is InChI=1S/C56H75ClO18/c1-23-13-12-18-53(9)21-26(4)31(20-36(60)55(11,69)30(8)58)22-56(53)48(66)38(50(68)75-56)47(65)54(10)33(23)15-14-32-39(54)24(2)19-25(3)44(32)73-52-43(64)46(40(61)28(6)70-52)74-51-42(63)41(62)45(29(7)71-51)72-49(67)37-27(5)34(57)16-17-35(37)59/h12-17,21,23-25,28-29,31-33,36,39-46,51-52,59-65,69H,18-20,22H2,1-11H3. The number of halogens is 1. The lowest BCUT2D eigenvalue weighted by atomic mass is 9.49. The van der Waals surface area contributed by atoms with E-state index in [4.69, 9.17) is 40.0 Å². The number of ketones is 2. The summed E-state index contributed by atoms with van der Waals surface area (Å²) >= 11 is 6.18. The lowest BCUT2D eigenvalue weighted by Crippen LogP contribution is -2.64. The minimum atomic E-state index is -2.07. The Morgan fingerprint density at radius 3 is 2.17 bits per heavy atom. The fourth-order valence-electron chi connectivity index (χ4n) is 13.8. The number of esters is 2. The molecule has 18 nitrogen and oxygen atoms in total. The molecule has 1 aromatic rings. The van der Waals surface area contributed by atoms with Crippen molar-refractivity contribution in [2.45, 2.75) is 187 Å². The van der Waals surface area contributed by atoms with Gasteiger partial charge in [0.05, 0.1) is 24.4 Å². The van der Waals surface area contributed by atoms with Crippen molar-refractivity contribution in [1.82, 2.24) is 0 Å². The van der Waals surface area contributed by atoms with E-state index in [9.17, 15) is 55.2 Å². The number of hydrogen-bond donors (Lipinski definition) is 8. The van der Waals surface area contributed by atoms with Crippen molar-refractivity contribution in [2.24, 2.45) is 52.3 Å². The van der Waals surface area contributed by atoms with Crippen molar-refractivity contribution in [3.8, 4) is 5.75 Å². The third-order valence-corrected chi connectivity index (χ3v) is 18.9. The van der Waals surface area contributed by atoms with Gasteiger partial charge in [-0.2, -0.15) is 0 Å². The van der Waals surface area contributed by atoms with Gasteiger partial charge in [0.15, 0.2) is 30.1 Å². The van der Waals surface area contributed by atoms with E-state index in [2.05, 4.69) is 13.0 Å². The van der Waals surface area contributed by atoms with E-state index in [0.717, 1.165) is 5.57 Å². The Hall–Kier alpha value is -4.05. The van der Waals surface area contributed by atoms with Crippen LogP contribution in [0.5, 0.6) is 5.75 Å². The summed E-state index contributed by atoms with van der Waals surface area (Å²) in [6, 6.07) is 2.62. The summed E-state index contributed by atoms with van der Waals surface area (Å²) in [6.07, 6.45) is -6.78. The normalized spacial score (nSPS) is 44.0. The molecule has 3 saturated heterocycles. The third kappa shape index (κ3) is 9.44. The lowest BCUT2D eigenvalue weighted by Gasteiger charge is -2.57. The predicted molar refractivity (Wildman–Crippen MR) is 268 cm³/mol. The van der Waals surface area contributed by atoms with E-state index >= 15 is 4.79 Å². The number of phenols is 1. The van der Waals surface area contributed by atoms with Crippen molar-refractivity contribution in [3.05, 3.63) is 75.6 Å². The summed E-state index contributed by atoms with van der Waals surface area (Å²) in [5.74, 6) is -6.81. The largest absolute Gasteiger partial charge is 0.511 e. The number of ether oxygens (including phenoxy) is 6. The third-order valence-electron chi connectivity index (χ3n) is 18.5. The highest BCUT2D eigenvalue weighted by Gasteiger charge is 2.67. The minimum Gasteiger partial charge on any atom is -0.511 e. The number of rotatable bonds is 10. The maximum absolute atomic E-state index is 15.4. The number of hydrogen-bond acceptors (Lipinski definition) is 18. The average molecular weight is 1070 g/mol. The molecule has 2 bridgehead atoms. The smallest absolute Gasteiger partial charge is 0.346 e. The highest BCUT2D eigenvalue weighted by Crippen LogP contribution is 2.62. The monoisotopic (exact) mass is 1070 g/mol. The van der Waals surface area contributed by atoms with Crippen molar-refractivity contribution < 1.29 is 88.5 Å². The number of Topliss-reactive ketones (excluding diaryl/α,β-unsaturated/α-hetero) is 2. The number of aliphatic hydroxyl groups is 7. The summed E-state index contributed by atoms with van der Waals surface area (Å²) in [7, 11) is 0. The van der Waals surface area contributed by atoms with E-state index in [1.165, 1.54) is 39.8 Å². The number of fused-ring (bicyclic) bond motifs is 4. The molecule has 23 unspecified atom stereocenters. The molecule has 3 heterocycles. The first-order chi connectivity index (χ1) is 34.9. The van der Waals surface area contributed by atoms with Crippen molar-refractivity contribution in [2.75, 3.05) is 0 Å². The molecule has 0 amide bonds. The Balaban J connectivity index is 1.07. The molecule has 0 aromatic heterocycles.